The molecule has 108 valence electrons. The first kappa shape index (κ1) is 14.2. The molecule has 0 bridgehead atoms. The Kier molecular flexibility index (Phi) is 4.04. The van der Waals surface area contributed by atoms with Gasteiger partial charge in [-0.3, -0.25) is 0 Å². The zero-order valence-electron chi connectivity index (χ0n) is 12.3. The Balaban J connectivity index is 1.72. The van der Waals surface area contributed by atoms with Gasteiger partial charge in [0.25, 0.3) is 0 Å². The van der Waals surface area contributed by atoms with E-state index in [-0.39, 0.29) is 6.10 Å². The quantitative estimate of drug-likeness (QED) is 0.788. The number of hydrogen-bond acceptors (Lipinski definition) is 3. The first-order chi connectivity index (χ1) is 10.1. The molecule has 2 aromatic carbocycles. The van der Waals surface area contributed by atoms with Crippen LogP contribution in [0.2, 0.25) is 0 Å². The number of thiazole rings is 1. The van der Waals surface area contributed by atoms with Gasteiger partial charge < -0.3 is 5.11 Å². The summed E-state index contributed by atoms with van der Waals surface area (Å²) >= 11 is 1.68. The van der Waals surface area contributed by atoms with Gasteiger partial charge in [-0.25, -0.2) is 4.98 Å². The summed E-state index contributed by atoms with van der Waals surface area (Å²) in [4.78, 5) is 5.74. The molecule has 0 aliphatic rings. The summed E-state index contributed by atoms with van der Waals surface area (Å²) in [5, 5.41) is 13.8. The van der Waals surface area contributed by atoms with E-state index in [1.165, 1.54) is 21.2 Å². The Bertz CT molecular complexity index is 743. The van der Waals surface area contributed by atoms with Crippen molar-refractivity contribution in [2.75, 3.05) is 0 Å². The van der Waals surface area contributed by atoms with Crippen LogP contribution in [-0.2, 0) is 12.8 Å². The van der Waals surface area contributed by atoms with Crippen molar-refractivity contribution in [1.82, 2.24) is 4.98 Å². The standard InChI is InChI=1S/C18H19NOS/c1-12-13(2)21-18(19-12)11-17(20)10-14-7-8-15-5-3-4-6-16(15)9-14/h3-9,17,20H,10-11H2,1-2H3. The number of hydrogen-bond donors (Lipinski definition) is 1. The molecule has 0 saturated heterocycles. The lowest BCUT2D eigenvalue weighted by Gasteiger charge is -2.09. The largest absolute Gasteiger partial charge is 0.392 e. The van der Waals surface area contributed by atoms with Crippen molar-refractivity contribution in [3.63, 3.8) is 0 Å². The van der Waals surface area contributed by atoms with E-state index in [1.54, 1.807) is 11.3 Å². The molecular formula is C18H19NOS. The molecular weight excluding hydrogens is 278 g/mol. The van der Waals surface area contributed by atoms with Crippen LogP contribution in [0.5, 0.6) is 0 Å². The van der Waals surface area contributed by atoms with Gasteiger partial charge in [-0.15, -0.1) is 11.3 Å². The molecule has 0 radical (unpaired) electrons. The van der Waals surface area contributed by atoms with Crippen LogP contribution in [0.3, 0.4) is 0 Å². The van der Waals surface area contributed by atoms with Gasteiger partial charge in [0.05, 0.1) is 16.8 Å². The zero-order valence-corrected chi connectivity index (χ0v) is 13.2. The van der Waals surface area contributed by atoms with Gasteiger partial charge in [0.15, 0.2) is 0 Å². The van der Waals surface area contributed by atoms with Crippen LogP contribution in [0, 0.1) is 13.8 Å². The fourth-order valence-corrected chi connectivity index (χ4v) is 3.54. The lowest BCUT2D eigenvalue weighted by molar-refractivity contribution is 0.175. The molecule has 0 aliphatic heterocycles. The highest BCUT2D eigenvalue weighted by Gasteiger charge is 2.11. The van der Waals surface area contributed by atoms with E-state index in [2.05, 4.69) is 42.2 Å². The Labute approximate surface area is 129 Å². The van der Waals surface area contributed by atoms with Crippen molar-refractivity contribution in [2.45, 2.75) is 32.8 Å². The van der Waals surface area contributed by atoms with Gasteiger partial charge in [-0.1, -0.05) is 42.5 Å². The summed E-state index contributed by atoms with van der Waals surface area (Å²) in [6.45, 7) is 4.09. The molecule has 0 aliphatic carbocycles. The maximum absolute atomic E-state index is 10.3. The summed E-state index contributed by atoms with van der Waals surface area (Å²) in [6.07, 6.45) is 0.922. The van der Waals surface area contributed by atoms with Crippen molar-refractivity contribution in [2.24, 2.45) is 0 Å². The number of aliphatic hydroxyl groups excluding tert-OH is 1. The van der Waals surface area contributed by atoms with E-state index in [0.29, 0.717) is 12.8 Å². The van der Waals surface area contributed by atoms with Crippen molar-refractivity contribution >= 4 is 22.1 Å². The van der Waals surface area contributed by atoms with Crippen LogP contribution in [0.4, 0.5) is 0 Å². The molecule has 21 heavy (non-hydrogen) atoms. The monoisotopic (exact) mass is 297 g/mol. The first-order valence-electron chi connectivity index (χ1n) is 7.20. The Morgan fingerprint density at radius 1 is 1.05 bits per heavy atom. The van der Waals surface area contributed by atoms with Crippen LogP contribution >= 0.6 is 11.3 Å². The molecule has 0 saturated carbocycles. The van der Waals surface area contributed by atoms with E-state index in [9.17, 15) is 5.11 Å². The van der Waals surface area contributed by atoms with Crippen LogP contribution in [0.15, 0.2) is 42.5 Å². The lowest BCUT2D eigenvalue weighted by Crippen LogP contribution is -2.13. The normalized spacial score (nSPS) is 12.7. The van der Waals surface area contributed by atoms with Crippen LogP contribution in [-0.4, -0.2) is 16.2 Å². The molecule has 1 atom stereocenters. The average Bonchev–Trinajstić information content (AvgIpc) is 2.77. The second-order valence-corrected chi connectivity index (χ2v) is 6.78. The van der Waals surface area contributed by atoms with E-state index in [1.807, 2.05) is 19.1 Å². The maximum Gasteiger partial charge on any atom is 0.0956 e. The molecule has 1 aromatic heterocycles. The Morgan fingerprint density at radius 3 is 2.52 bits per heavy atom. The lowest BCUT2D eigenvalue weighted by atomic mass is 10.0. The van der Waals surface area contributed by atoms with Gasteiger partial charge in [0.2, 0.25) is 0 Å². The van der Waals surface area contributed by atoms with Crippen molar-refractivity contribution in [3.8, 4) is 0 Å². The first-order valence-corrected chi connectivity index (χ1v) is 8.02. The SMILES string of the molecule is Cc1nc(CC(O)Cc2ccc3ccccc3c2)sc1C. The van der Waals surface area contributed by atoms with Crippen LogP contribution in [0.25, 0.3) is 10.8 Å². The Hall–Kier alpha value is -1.71. The summed E-state index contributed by atoms with van der Waals surface area (Å²) in [6, 6.07) is 14.7. The van der Waals surface area contributed by atoms with Crippen LogP contribution < -0.4 is 0 Å². The third kappa shape index (κ3) is 3.31. The fraction of sp³-hybridized carbons (Fsp3) is 0.278. The van der Waals surface area contributed by atoms with E-state index in [4.69, 9.17) is 0 Å². The highest BCUT2D eigenvalue weighted by Crippen LogP contribution is 2.20. The third-order valence-electron chi connectivity index (χ3n) is 3.77. The predicted octanol–water partition coefficient (Wildman–Crippen LogP) is 4.06. The topological polar surface area (TPSA) is 33.1 Å². The number of benzene rings is 2. The van der Waals surface area contributed by atoms with Crippen molar-refractivity contribution in [3.05, 3.63) is 63.6 Å². The summed E-state index contributed by atoms with van der Waals surface area (Å²) < 4.78 is 0. The second kappa shape index (κ2) is 5.96. The van der Waals surface area contributed by atoms with E-state index in [0.717, 1.165) is 10.7 Å². The van der Waals surface area contributed by atoms with Gasteiger partial charge in [-0.05, 0) is 36.6 Å². The fourth-order valence-electron chi connectivity index (χ4n) is 2.54. The number of fused-ring (bicyclic) bond motifs is 1. The highest BCUT2D eigenvalue weighted by molar-refractivity contribution is 7.11. The zero-order chi connectivity index (χ0) is 14.8. The van der Waals surface area contributed by atoms with E-state index < -0.39 is 0 Å². The number of rotatable bonds is 4. The third-order valence-corrected chi connectivity index (χ3v) is 4.86. The summed E-state index contributed by atoms with van der Waals surface area (Å²) in [5.74, 6) is 0. The maximum atomic E-state index is 10.3. The van der Waals surface area contributed by atoms with Gasteiger partial charge >= 0.3 is 0 Å². The van der Waals surface area contributed by atoms with Crippen molar-refractivity contribution < 1.29 is 5.11 Å². The predicted molar refractivity (Wildman–Crippen MR) is 89.0 cm³/mol. The number of aryl methyl sites for hydroxylation is 2. The van der Waals surface area contributed by atoms with Crippen molar-refractivity contribution in [1.29, 1.82) is 0 Å². The van der Waals surface area contributed by atoms with Gasteiger partial charge in [0, 0.05) is 11.3 Å². The molecule has 3 heteroatoms. The molecule has 3 aromatic rings. The van der Waals surface area contributed by atoms with Gasteiger partial charge in [-0.2, -0.15) is 0 Å². The number of aliphatic hydroxyl groups is 1. The van der Waals surface area contributed by atoms with Gasteiger partial charge in [0.1, 0.15) is 0 Å². The molecule has 0 fully saturated rings. The molecule has 2 nitrogen and oxygen atoms in total. The molecule has 3 rings (SSSR count). The minimum absolute atomic E-state index is 0.379. The minimum atomic E-state index is -0.379. The number of nitrogens with zero attached hydrogens (tertiary/aromatic N) is 1. The number of aromatic nitrogens is 1. The second-order valence-electron chi connectivity index (χ2n) is 5.49. The smallest absolute Gasteiger partial charge is 0.0956 e. The van der Waals surface area contributed by atoms with E-state index >= 15 is 0 Å². The molecule has 0 spiro atoms. The summed E-state index contributed by atoms with van der Waals surface area (Å²) in [5.41, 5.74) is 2.25. The molecule has 0 amide bonds. The average molecular weight is 297 g/mol. The highest BCUT2D eigenvalue weighted by atomic mass is 32.1. The summed E-state index contributed by atoms with van der Waals surface area (Å²) in [7, 11) is 0. The molecule has 1 unspecified atom stereocenters. The molecule has 1 N–H and O–H groups in total. The van der Waals surface area contributed by atoms with Crippen LogP contribution in [0.1, 0.15) is 21.1 Å². The minimum Gasteiger partial charge on any atom is -0.392 e. The Morgan fingerprint density at radius 2 is 1.81 bits per heavy atom. The molecule has 1 heterocycles.